The average molecular weight is 778 g/mol. The molecule has 0 atom stereocenters. The lowest BCUT2D eigenvalue weighted by Gasteiger charge is -2.44. The van der Waals surface area contributed by atoms with Gasteiger partial charge in [0, 0.05) is 48.5 Å². The molecule has 0 spiro atoms. The van der Waals surface area contributed by atoms with E-state index in [1.807, 2.05) is 0 Å². The Morgan fingerprint density at radius 2 is 0.446 bits per heavy atom. The molecule has 0 aliphatic carbocycles. The maximum absolute atomic E-state index is 15.3. The quantitative estimate of drug-likeness (QED) is 0.0655. The monoisotopic (exact) mass is 778 g/mol. The molecule has 56 heavy (non-hydrogen) atoms. The first-order valence-electron chi connectivity index (χ1n) is 16.5. The molecule has 7 rings (SSSR count). The smallest absolute Gasteiger partial charge is 0.136 e. The SMILES string of the molecule is Fc1cc(F)c([B-](c2c(F)cc(F)cc2F)(c2c(F)cc(F)cc2F)c2c(F)cc(F)cc2F)c(F)c1.c1ccc([C+](c2ccccc2)c2ccccc2)cc1. The Balaban J connectivity index is 0.000000233. The first kappa shape index (κ1) is 39.3. The van der Waals surface area contributed by atoms with E-state index in [-0.39, 0.29) is 48.5 Å². The predicted molar refractivity (Wildman–Crippen MR) is 189 cm³/mol. The Morgan fingerprint density at radius 3 is 0.625 bits per heavy atom. The summed E-state index contributed by atoms with van der Waals surface area (Å²) in [5.41, 5.74) is -3.81. The topological polar surface area (TPSA) is 0 Å². The van der Waals surface area contributed by atoms with E-state index in [1.165, 1.54) is 22.6 Å². The van der Waals surface area contributed by atoms with Crippen LogP contribution in [0.15, 0.2) is 140 Å². The van der Waals surface area contributed by atoms with Crippen molar-refractivity contribution in [3.63, 3.8) is 0 Å². The van der Waals surface area contributed by atoms with Gasteiger partial charge in [-0.25, -0.2) is 52.7 Å². The van der Waals surface area contributed by atoms with Crippen LogP contribution >= 0.6 is 0 Å². The molecular formula is C43H23BF12. The van der Waals surface area contributed by atoms with Gasteiger partial charge in [0.15, 0.2) is 0 Å². The molecule has 7 aromatic rings. The van der Waals surface area contributed by atoms with Crippen LogP contribution in [0.2, 0.25) is 0 Å². The van der Waals surface area contributed by atoms with Crippen molar-refractivity contribution < 1.29 is 52.7 Å². The lowest BCUT2D eigenvalue weighted by Crippen LogP contribution is -2.80. The third-order valence-electron chi connectivity index (χ3n) is 9.09. The number of hydrogen-bond donors (Lipinski definition) is 0. The maximum atomic E-state index is 15.3. The minimum absolute atomic E-state index is 0.132. The highest BCUT2D eigenvalue weighted by molar-refractivity contribution is 7.20. The third-order valence-corrected chi connectivity index (χ3v) is 9.09. The lowest BCUT2D eigenvalue weighted by molar-refractivity contribution is 0.545. The van der Waals surface area contributed by atoms with Crippen LogP contribution in [0.4, 0.5) is 52.7 Å². The van der Waals surface area contributed by atoms with Crippen molar-refractivity contribution in [3.05, 3.63) is 232 Å². The minimum Gasteiger partial charge on any atom is -0.210 e. The summed E-state index contributed by atoms with van der Waals surface area (Å²) in [4.78, 5) is 0. The van der Waals surface area contributed by atoms with Gasteiger partial charge in [-0.15, -0.1) is 21.9 Å². The molecule has 0 unspecified atom stereocenters. The molecule has 0 nitrogen and oxygen atoms in total. The molecule has 0 amide bonds. The second-order valence-corrected chi connectivity index (χ2v) is 12.5. The summed E-state index contributed by atoms with van der Waals surface area (Å²) in [5, 5.41) is 0. The van der Waals surface area contributed by atoms with E-state index in [1.54, 1.807) is 0 Å². The molecule has 0 saturated carbocycles. The van der Waals surface area contributed by atoms with Gasteiger partial charge in [0.2, 0.25) is 0 Å². The summed E-state index contributed by atoms with van der Waals surface area (Å²) in [5.74, 6) is -22.5. The van der Waals surface area contributed by atoms with E-state index >= 15 is 35.1 Å². The average Bonchev–Trinajstić information content (AvgIpc) is 3.12. The van der Waals surface area contributed by atoms with E-state index in [0.29, 0.717) is 0 Å². The molecule has 0 aliphatic rings. The van der Waals surface area contributed by atoms with Gasteiger partial charge in [0.05, 0.1) is 69.1 Å². The molecule has 0 heterocycles. The summed E-state index contributed by atoms with van der Waals surface area (Å²) in [6, 6.07) is 30.6. The molecule has 0 radical (unpaired) electrons. The van der Waals surface area contributed by atoms with E-state index in [0.717, 1.165) is 0 Å². The Labute approximate surface area is 312 Å². The molecule has 7 aromatic carbocycles. The summed E-state index contributed by atoms with van der Waals surface area (Å²) in [6.45, 7) is 0. The van der Waals surface area contributed by atoms with E-state index < -0.39 is 97.8 Å². The number of hydrogen-bond acceptors (Lipinski definition) is 0. The second-order valence-electron chi connectivity index (χ2n) is 12.5. The van der Waals surface area contributed by atoms with Crippen LogP contribution in [0.25, 0.3) is 0 Å². The molecule has 0 bridgehead atoms. The van der Waals surface area contributed by atoms with Crippen LogP contribution in [0.5, 0.6) is 0 Å². The van der Waals surface area contributed by atoms with E-state index in [4.69, 9.17) is 0 Å². The predicted octanol–water partition coefficient (Wildman–Crippen LogP) is 9.44. The second kappa shape index (κ2) is 16.2. The van der Waals surface area contributed by atoms with Crippen molar-refractivity contribution in [1.29, 1.82) is 0 Å². The Bertz CT molecular complexity index is 2090. The van der Waals surface area contributed by atoms with Crippen LogP contribution in [-0.4, -0.2) is 6.15 Å². The van der Waals surface area contributed by atoms with Gasteiger partial charge < -0.3 is 0 Å². The van der Waals surface area contributed by atoms with Gasteiger partial charge in [-0.1, -0.05) is 18.2 Å². The normalized spacial score (nSPS) is 11.2. The zero-order chi connectivity index (χ0) is 40.3. The molecular weight excluding hydrogens is 755 g/mol. The van der Waals surface area contributed by atoms with Crippen LogP contribution in [0, 0.1) is 75.7 Å². The zero-order valence-corrected chi connectivity index (χ0v) is 28.4. The van der Waals surface area contributed by atoms with Crippen LogP contribution in [-0.2, 0) is 0 Å². The van der Waals surface area contributed by atoms with Gasteiger partial charge in [-0.05, 0) is 72.8 Å². The van der Waals surface area contributed by atoms with Crippen molar-refractivity contribution in [2.24, 2.45) is 0 Å². The summed E-state index contributed by atoms with van der Waals surface area (Å²) in [6.07, 6.45) is -5.14. The highest BCUT2D eigenvalue weighted by atomic mass is 19.2. The molecule has 13 heteroatoms. The first-order chi connectivity index (χ1) is 26.7. The van der Waals surface area contributed by atoms with Gasteiger partial charge >= 0.3 is 0 Å². The van der Waals surface area contributed by atoms with E-state index in [2.05, 4.69) is 91.0 Å². The van der Waals surface area contributed by atoms with Crippen molar-refractivity contribution >= 4 is 28.0 Å². The van der Waals surface area contributed by atoms with Crippen LogP contribution in [0.3, 0.4) is 0 Å². The van der Waals surface area contributed by atoms with Crippen LogP contribution in [0.1, 0.15) is 16.7 Å². The maximum Gasteiger partial charge on any atom is 0.136 e. The Kier molecular flexibility index (Phi) is 11.4. The molecule has 0 aliphatic heterocycles. The summed E-state index contributed by atoms with van der Waals surface area (Å²) >= 11 is 0. The molecule has 0 saturated heterocycles. The fourth-order valence-electron chi connectivity index (χ4n) is 7.05. The first-order valence-corrected chi connectivity index (χ1v) is 16.5. The summed E-state index contributed by atoms with van der Waals surface area (Å²) in [7, 11) is 0. The highest BCUT2D eigenvalue weighted by Crippen LogP contribution is 2.30. The molecule has 0 fully saturated rings. The van der Waals surface area contributed by atoms with Gasteiger partial charge in [-0.3, -0.25) is 0 Å². The third kappa shape index (κ3) is 7.49. The van der Waals surface area contributed by atoms with Crippen molar-refractivity contribution in [2.45, 2.75) is 0 Å². The Hall–Kier alpha value is -6.37. The highest BCUT2D eigenvalue weighted by Gasteiger charge is 2.46. The van der Waals surface area contributed by atoms with Gasteiger partial charge in [-0.2, -0.15) is 0 Å². The number of halogens is 12. The molecule has 282 valence electrons. The summed E-state index contributed by atoms with van der Waals surface area (Å²) < 4.78 is 177. The number of rotatable bonds is 7. The standard InChI is InChI=1S/C24H8BF12.C19H15/c26-9-1-13(30)21(14(31)2-9)25(22-15(32)3-10(27)4-16(22)33,23-17(34)5-11(28)6-18(23)35)24-19(36)7-12(29)8-20(24)37;1-4-10-16(11-5-1)19(17-12-6-2-7-13-17)18-14-8-3-9-15-18/h1-8H;1-15H/q-1;+1. The fraction of sp³-hybridized carbons (Fsp3) is 0. The van der Waals surface area contributed by atoms with Crippen molar-refractivity contribution in [1.82, 2.24) is 0 Å². The van der Waals surface area contributed by atoms with Gasteiger partial charge in [0.25, 0.3) is 0 Å². The minimum atomic E-state index is -5.14. The van der Waals surface area contributed by atoms with Crippen molar-refractivity contribution in [3.8, 4) is 0 Å². The van der Waals surface area contributed by atoms with Gasteiger partial charge in [0.1, 0.15) is 29.4 Å². The lowest BCUT2D eigenvalue weighted by atomic mass is 9.12. The van der Waals surface area contributed by atoms with E-state index in [9.17, 15) is 17.6 Å². The fourth-order valence-corrected chi connectivity index (χ4v) is 7.05. The molecule has 0 N–H and O–H groups in total. The zero-order valence-electron chi connectivity index (χ0n) is 28.4. The van der Waals surface area contributed by atoms with Crippen LogP contribution < -0.4 is 21.9 Å². The van der Waals surface area contributed by atoms with Crippen molar-refractivity contribution in [2.75, 3.05) is 0 Å². The largest absolute Gasteiger partial charge is 0.210 e. The Morgan fingerprint density at radius 1 is 0.268 bits per heavy atom. The molecule has 0 aromatic heterocycles. The number of benzene rings is 7.